The van der Waals surface area contributed by atoms with Gasteiger partial charge in [0.15, 0.2) is 0 Å². The average molecular weight is 283 g/mol. The number of carbonyl (C=O) groups is 1. The van der Waals surface area contributed by atoms with Crippen molar-refractivity contribution in [2.75, 3.05) is 0 Å². The zero-order valence-corrected chi connectivity index (χ0v) is 11.1. The van der Waals surface area contributed by atoms with E-state index in [-0.39, 0.29) is 6.10 Å². The van der Waals surface area contributed by atoms with Crippen LogP contribution in [0.25, 0.3) is 0 Å². The molecule has 1 aromatic carbocycles. The number of carbonyl (C=O) groups excluding carboxylic acids is 1. The molecule has 2 rings (SSSR count). The van der Waals surface area contributed by atoms with E-state index in [4.69, 9.17) is 4.74 Å². The molecule has 1 unspecified atom stereocenters. The van der Waals surface area contributed by atoms with Gasteiger partial charge in [-0.05, 0) is 43.5 Å². The highest BCUT2D eigenvalue weighted by atomic mass is 79.9. The highest BCUT2D eigenvalue weighted by Crippen LogP contribution is 2.29. The molecule has 0 spiro atoms. The smallest absolute Gasteiger partial charge is 0.136 e. The first-order valence-electron chi connectivity index (χ1n) is 5.51. The van der Waals surface area contributed by atoms with Gasteiger partial charge in [0.1, 0.15) is 17.6 Å². The number of benzene rings is 1. The Kier molecular flexibility index (Phi) is 3.33. The van der Waals surface area contributed by atoms with Gasteiger partial charge in [-0.3, -0.25) is 4.79 Å². The van der Waals surface area contributed by atoms with Crippen LogP contribution < -0.4 is 4.74 Å². The van der Waals surface area contributed by atoms with E-state index in [1.165, 1.54) is 11.1 Å². The molecule has 1 aromatic rings. The number of ketones is 1. The minimum absolute atomic E-state index is 0.0764. The standard InChI is InChI=1S/C13H15BrO2/c1-8-5-12(6-9(2)13(8)14)16-11-4-3-10(15)7-11/h5-6,11H,3-4,7H2,1-2H3. The highest BCUT2D eigenvalue weighted by molar-refractivity contribution is 9.10. The van der Waals surface area contributed by atoms with Crippen LogP contribution in [0.1, 0.15) is 30.4 Å². The molecular weight excluding hydrogens is 268 g/mol. The molecule has 86 valence electrons. The molecule has 1 atom stereocenters. The van der Waals surface area contributed by atoms with E-state index in [9.17, 15) is 4.79 Å². The molecule has 1 saturated carbocycles. The summed E-state index contributed by atoms with van der Waals surface area (Å²) < 4.78 is 6.95. The van der Waals surface area contributed by atoms with Gasteiger partial charge in [-0.1, -0.05) is 15.9 Å². The zero-order valence-electron chi connectivity index (χ0n) is 9.55. The summed E-state index contributed by atoms with van der Waals surface area (Å²) in [6.07, 6.45) is 2.16. The first-order valence-corrected chi connectivity index (χ1v) is 6.30. The molecule has 0 aromatic heterocycles. The topological polar surface area (TPSA) is 26.3 Å². The monoisotopic (exact) mass is 282 g/mol. The fourth-order valence-electron chi connectivity index (χ4n) is 2.05. The van der Waals surface area contributed by atoms with Crippen molar-refractivity contribution >= 4 is 21.7 Å². The fourth-order valence-corrected chi connectivity index (χ4v) is 2.28. The maximum atomic E-state index is 11.1. The van der Waals surface area contributed by atoms with Gasteiger partial charge in [0.25, 0.3) is 0 Å². The SMILES string of the molecule is Cc1cc(OC2CCC(=O)C2)cc(C)c1Br. The second kappa shape index (κ2) is 4.58. The van der Waals surface area contributed by atoms with Crippen LogP contribution in [-0.2, 0) is 4.79 Å². The normalized spacial score (nSPS) is 20.2. The summed E-state index contributed by atoms with van der Waals surface area (Å²) >= 11 is 3.53. The van der Waals surface area contributed by atoms with E-state index in [0.29, 0.717) is 18.6 Å². The summed E-state index contributed by atoms with van der Waals surface area (Å²) in [6.45, 7) is 4.09. The lowest BCUT2D eigenvalue weighted by molar-refractivity contribution is -0.117. The van der Waals surface area contributed by atoms with Gasteiger partial charge in [0, 0.05) is 17.3 Å². The second-order valence-corrected chi connectivity index (χ2v) is 5.19. The van der Waals surface area contributed by atoms with Crippen LogP contribution in [0.15, 0.2) is 16.6 Å². The molecule has 1 aliphatic rings. The fraction of sp³-hybridized carbons (Fsp3) is 0.462. The van der Waals surface area contributed by atoms with Crippen molar-refractivity contribution in [3.8, 4) is 5.75 Å². The molecule has 0 aliphatic heterocycles. The molecule has 1 fully saturated rings. The third kappa shape index (κ3) is 2.46. The van der Waals surface area contributed by atoms with Gasteiger partial charge in [0.05, 0.1) is 0 Å². The number of rotatable bonds is 2. The Bertz CT molecular complexity index is 403. The Labute approximate surface area is 104 Å². The van der Waals surface area contributed by atoms with E-state index in [2.05, 4.69) is 15.9 Å². The van der Waals surface area contributed by atoms with E-state index >= 15 is 0 Å². The Morgan fingerprint density at radius 2 is 1.94 bits per heavy atom. The van der Waals surface area contributed by atoms with Crippen LogP contribution in [0.2, 0.25) is 0 Å². The summed E-state index contributed by atoms with van der Waals surface area (Å²) in [5, 5.41) is 0. The van der Waals surface area contributed by atoms with Gasteiger partial charge < -0.3 is 4.74 Å². The van der Waals surface area contributed by atoms with E-state index < -0.39 is 0 Å². The van der Waals surface area contributed by atoms with Gasteiger partial charge in [-0.15, -0.1) is 0 Å². The molecule has 0 radical (unpaired) electrons. The summed E-state index contributed by atoms with van der Waals surface area (Å²) in [7, 11) is 0. The van der Waals surface area contributed by atoms with Crippen LogP contribution in [-0.4, -0.2) is 11.9 Å². The maximum absolute atomic E-state index is 11.1. The van der Waals surface area contributed by atoms with Crippen molar-refractivity contribution in [2.24, 2.45) is 0 Å². The Morgan fingerprint density at radius 3 is 2.44 bits per heavy atom. The van der Waals surface area contributed by atoms with Crippen molar-refractivity contribution in [2.45, 2.75) is 39.2 Å². The van der Waals surface area contributed by atoms with E-state index in [1.807, 2.05) is 26.0 Å². The van der Waals surface area contributed by atoms with Crippen molar-refractivity contribution < 1.29 is 9.53 Å². The zero-order chi connectivity index (χ0) is 11.7. The molecule has 0 saturated heterocycles. The third-order valence-electron chi connectivity index (χ3n) is 2.91. The summed E-state index contributed by atoms with van der Waals surface area (Å²) in [5.41, 5.74) is 2.33. The highest BCUT2D eigenvalue weighted by Gasteiger charge is 2.23. The van der Waals surface area contributed by atoms with Crippen LogP contribution in [0.3, 0.4) is 0 Å². The minimum atomic E-state index is 0.0764. The van der Waals surface area contributed by atoms with Crippen molar-refractivity contribution in [3.05, 3.63) is 27.7 Å². The number of hydrogen-bond donors (Lipinski definition) is 0. The number of Topliss-reactive ketones (excluding diaryl/α,β-unsaturated/α-hetero) is 1. The van der Waals surface area contributed by atoms with Crippen LogP contribution >= 0.6 is 15.9 Å². The van der Waals surface area contributed by atoms with Gasteiger partial charge in [0.2, 0.25) is 0 Å². The van der Waals surface area contributed by atoms with Crippen molar-refractivity contribution in [3.63, 3.8) is 0 Å². The molecule has 0 heterocycles. The van der Waals surface area contributed by atoms with E-state index in [0.717, 1.165) is 16.6 Å². The van der Waals surface area contributed by atoms with Gasteiger partial charge in [-0.25, -0.2) is 0 Å². The number of aryl methyl sites for hydroxylation is 2. The molecule has 3 heteroatoms. The molecule has 16 heavy (non-hydrogen) atoms. The Hall–Kier alpha value is -0.830. The number of ether oxygens (including phenoxy) is 1. The lowest BCUT2D eigenvalue weighted by atomic mass is 10.1. The minimum Gasteiger partial charge on any atom is -0.490 e. The molecule has 1 aliphatic carbocycles. The van der Waals surface area contributed by atoms with Crippen LogP contribution in [0.5, 0.6) is 5.75 Å². The number of hydrogen-bond acceptors (Lipinski definition) is 2. The molecule has 0 N–H and O–H groups in total. The number of halogens is 1. The lowest BCUT2D eigenvalue weighted by Crippen LogP contribution is -2.12. The predicted octanol–water partition coefficient (Wildman–Crippen LogP) is 3.57. The lowest BCUT2D eigenvalue weighted by Gasteiger charge is -2.14. The predicted molar refractivity (Wildman–Crippen MR) is 66.9 cm³/mol. The summed E-state index contributed by atoms with van der Waals surface area (Å²) in [6, 6.07) is 4.03. The molecule has 0 amide bonds. The first-order chi connectivity index (χ1) is 7.56. The molecular formula is C13H15BrO2. The Morgan fingerprint density at radius 1 is 1.31 bits per heavy atom. The molecule has 0 bridgehead atoms. The largest absolute Gasteiger partial charge is 0.490 e. The van der Waals surface area contributed by atoms with Crippen LogP contribution in [0.4, 0.5) is 0 Å². The van der Waals surface area contributed by atoms with E-state index in [1.54, 1.807) is 0 Å². The van der Waals surface area contributed by atoms with Crippen molar-refractivity contribution in [1.29, 1.82) is 0 Å². The first kappa shape index (κ1) is 11.6. The summed E-state index contributed by atoms with van der Waals surface area (Å²) in [4.78, 5) is 11.1. The Balaban J connectivity index is 2.13. The van der Waals surface area contributed by atoms with Gasteiger partial charge >= 0.3 is 0 Å². The second-order valence-electron chi connectivity index (χ2n) is 4.39. The quantitative estimate of drug-likeness (QED) is 0.829. The average Bonchev–Trinajstić information content (AvgIpc) is 2.60. The van der Waals surface area contributed by atoms with Crippen LogP contribution in [0, 0.1) is 13.8 Å². The maximum Gasteiger partial charge on any atom is 0.136 e. The summed E-state index contributed by atoms with van der Waals surface area (Å²) in [5.74, 6) is 1.19. The third-order valence-corrected chi connectivity index (χ3v) is 4.16. The van der Waals surface area contributed by atoms with Gasteiger partial charge in [-0.2, -0.15) is 0 Å². The molecule has 2 nitrogen and oxygen atoms in total. The van der Waals surface area contributed by atoms with Crippen molar-refractivity contribution in [1.82, 2.24) is 0 Å².